The second-order valence-electron chi connectivity index (χ2n) is 4.95. The van der Waals surface area contributed by atoms with E-state index in [2.05, 4.69) is 10.3 Å². The first kappa shape index (κ1) is 13.6. The van der Waals surface area contributed by atoms with Crippen LogP contribution in [0.2, 0.25) is 0 Å². The zero-order chi connectivity index (χ0) is 13.8. The van der Waals surface area contributed by atoms with Crippen molar-refractivity contribution >= 4 is 5.91 Å². The highest BCUT2D eigenvalue weighted by atomic mass is 16.3. The van der Waals surface area contributed by atoms with E-state index in [9.17, 15) is 14.7 Å². The van der Waals surface area contributed by atoms with E-state index in [0.29, 0.717) is 12.6 Å². The summed E-state index contributed by atoms with van der Waals surface area (Å²) >= 11 is 0. The van der Waals surface area contributed by atoms with Gasteiger partial charge in [0.25, 0.3) is 11.5 Å². The lowest BCUT2D eigenvalue weighted by atomic mass is 10.0. The molecule has 0 bridgehead atoms. The second-order valence-corrected chi connectivity index (χ2v) is 4.95. The van der Waals surface area contributed by atoms with Gasteiger partial charge in [0.2, 0.25) is 0 Å². The summed E-state index contributed by atoms with van der Waals surface area (Å²) in [6, 6.07) is 2.78. The molecule has 1 aliphatic heterocycles. The molecule has 0 aromatic carbocycles. The number of hydrogen-bond acceptors (Lipinski definition) is 4. The van der Waals surface area contributed by atoms with Gasteiger partial charge in [0.15, 0.2) is 5.88 Å². The molecule has 6 nitrogen and oxygen atoms in total. The number of piperidine rings is 1. The molecular formula is C13H19N3O3. The smallest absolute Gasteiger partial charge is 0.254 e. The lowest BCUT2D eigenvalue weighted by molar-refractivity contribution is 0.0774. The van der Waals surface area contributed by atoms with Crippen LogP contribution in [0.15, 0.2) is 16.9 Å². The molecule has 1 aliphatic rings. The Balaban J connectivity index is 2.03. The van der Waals surface area contributed by atoms with Gasteiger partial charge >= 0.3 is 0 Å². The number of H-pyrrole nitrogens is 1. The molecule has 104 valence electrons. The molecule has 0 saturated carbocycles. The number of aromatic hydroxyl groups is 1. The summed E-state index contributed by atoms with van der Waals surface area (Å²) in [5, 5.41) is 12.7. The van der Waals surface area contributed by atoms with Crippen LogP contribution in [0.1, 0.15) is 29.6 Å². The highest BCUT2D eigenvalue weighted by molar-refractivity contribution is 5.94. The molecule has 1 atom stereocenters. The van der Waals surface area contributed by atoms with Gasteiger partial charge in [-0.1, -0.05) is 6.42 Å². The van der Waals surface area contributed by atoms with Crippen LogP contribution in [0.5, 0.6) is 5.88 Å². The predicted molar refractivity (Wildman–Crippen MR) is 71.3 cm³/mol. The minimum Gasteiger partial charge on any atom is -0.494 e. The molecule has 1 unspecified atom stereocenters. The summed E-state index contributed by atoms with van der Waals surface area (Å²) in [6.45, 7) is 1.59. The van der Waals surface area contributed by atoms with Crippen molar-refractivity contribution < 1.29 is 9.90 Å². The maximum absolute atomic E-state index is 12.2. The number of hydrogen-bond donors (Lipinski definition) is 3. The fourth-order valence-corrected chi connectivity index (χ4v) is 2.37. The number of rotatable bonds is 3. The number of pyridine rings is 1. The molecule has 0 spiro atoms. The number of carbonyl (C=O) groups excluding carboxylic acids is 1. The van der Waals surface area contributed by atoms with E-state index in [1.807, 2.05) is 0 Å². The first-order valence-electron chi connectivity index (χ1n) is 6.48. The average Bonchev–Trinajstić information content (AvgIpc) is 2.37. The quantitative estimate of drug-likeness (QED) is 0.733. The summed E-state index contributed by atoms with van der Waals surface area (Å²) in [5.41, 5.74) is -0.271. The zero-order valence-corrected chi connectivity index (χ0v) is 11.0. The zero-order valence-electron chi connectivity index (χ0n) is 11.0. The van der Waals surface area contributed by atoms with Gasteiger partial charge in [-0.3, -0.25) is 14.6 Å². The van der Waals surface area contributed by atoms with Gasteiger partial charge in [0.05, 0.1) is 5.56 Å². The van der Waals surface area contributed by atoms with Crippen LogP contribution >= 0.6 is 0 Å². The fraction of sp³-hybridized carbons (Fsp3) is 0.538. The summed E-state index contributed by atoms with van der Waals surface area (Å²) < 4.78 is 0. The monoisotopic (exact) mass is 265 g/mol. The van der Waals surface area contributed by atoms with Crippen LogP contribution in [0.4, 0.5) is 0 Å². The average molecular weight is 265 g/mol. The lowest BCUT2D eigenvalue weighted by Gasteiger charge is -2.28. The highest BCUT2D eigenvalue weighted by Crippen LogP contribution is 2.11. The number of likely N-dealkylation sites (N-methyl/N-ethyl adjacent to an activating group) is 1. The largest absolute Gasteiger partial charge is 0.494 e. The number of nitrogens with zero attached hydrogens (tertiary/aromatic N) is 1. The Morgan fingerprint density at radius 2 is 2.26 bits per heavy atom. The SMILES string of the molecule is CN(CC1CCCCN1)C(=O)c1cc(O)[nH]c(=O)c1. The molecule has 3 N–H and O–H groups in total. The third-order valence-electron chi connectivity index (χ3n) is 3.33. The Kier molecular flexibility index (Phi) is 4.21. The summed E-state index contributed by atoms with van der Waals surface area (Å²) in [7, 11) is 1.71. The van der Waals surface area contributed by atoms with Crippen LogP contribution in [0.25, 0.3) is 0 Å². The number of aromatic nitrogens is 1. The molecule has 2 rings (SSSR count). The Hall–Kier alpha value is -1.82. The maximum Gasteiger partial charge on any atom is 0.254 e. The van der Waals surface area contributed by atoms with Crippen LogP contribution < -0.4 is 10.9 Å². The Labute approximate surface area is 111 Å². The third-order valence-corrected chi connectivity index (χ3v) is 3.33. The first-order valence-corrected chi connectivity index (χ1v) is 6.48. The van der Waals surface area contributed by atoms with Crippen molar-refractivity contribution in [2.45, 2.75) is 25.3 Å². The number of amides is 1. The van der Waals surface area contributed by atoms with E-state index < -0.39 is 5.56 Å². The minimum absolute atomic E-state index is 0.208. The van der Waals surface area contributed by atoms with Gasteiger partial charge in [-0.05, 0) is 19.4 Å². The van der Waals surface area contributed by atoms with Gasteiger partial charge in [-0.2, -0.15) is 0 Å². The van der Waals surface area contributed by atoms with Crippen LogP contribution in [0, 0.1) is 0 Å². The molecule has 0 aliphatic carbocycles. The second kappa shape index (κ2) is 5.88. The molecule has 1 fully saturated rings. The van der Waals surface area contributed by atoms with Crippen molar-refractivity contribution in [3.63, 3.8) is 0 Å². The maximum atomic E-state index is 12.2. The topological polar surface area (TPSA) is 85.4 Å². The van der Waals surface area contributed by atoms with Crippen molar-refractivity contribution in [1.29, 1.82) is 0 Å². The van der Waals surface area contributed by atoms with E-state index in [1.165, 1.54) is 25.0 Å². The molecule has 1 aromatic rings. The fourth-order valence-electron chi connectivity index (χ4n) is 2.37. The van der Waals surface area contributed by atoms with E-state index >= 15 is 0 Å². The number of carbonyl (C=O) groups is 1. The van der Waals surface area contributed by atoms with Gasteiger partial charge < -0.3 is 15.3 Å². The van der Waals surface area contributed by atoms with Crippen molar-refractivity contribution in [3.05, 3.63) is 28.0 Å². The minimum atomic E-state index is -0.479. The number of aromatic amines is 1. The number of nitrogens with one attached hydrogen (secondary N) is 2. The Morgan fingerprint density at radius 3 is 2.89 bits per heavy atom. The molecule has 1 amide bonds. The third kappa shape index (κ3) is 3.57. The van der Waals surface area contributed by atoms with Crippen LogP contribution in [0.3, 0.4) is 0 Å². The van der Waals surface area contributed by atoms with E-state index in [0.717, 1.165) is 13.0 Å². The Bertz CT molecular complexity index is 506. The lowest BCUT2D eigenvalue weighted by Crippen LogP contribution is -2.44. The van der Waals surface area contributed by atoms with Gasteiger partial charge in [0, 0.05) is 31.8 Å². The van der Waals surface area contributed by atoms with E-state index in [1.54, 1.807) is 11.9 Å². The van der Waals surface area contributed by atoms with E-state index in [-0.39, 0.29) is 17.4 Å². The molecule has 1 aromatic heterocycles. The summed E-state index contributed by atoms with van der Waals surface area (Å²) in [5.74, 6) is -0.547. The Morgan fingerprint density at radius 1 is 1.47 bits per heavy atom. The summed E-state index contributed by atoms with van der Waals surface area (Å²) in [4.78, 5) is 27.2. The van der Waals surface area contributed by atoms with Crippen LogP contribution in [-0.4, -0.2) is 47.1 Å². The molecular weight excluding hydrogens is 246 g/mol. The highest BCUT2D eigenvalue weighted by Gasteiger charge is 2.19. The van der Waals surface area contributed by atoms with Crippen LogP contribution in [-0.2, 0) is 0 Å². The standard InChI is InChI=1S/C13H19N3O3/c1-16(8-10-4-2-3-5-14-10)13(19)9-6-11(17)15-12(18)7-9/h6-7,10,14H,2-5,8H2,1H3,(H2,15,17,18). The molecule has 1 saturated heterocycles. The normalized spacial score (nSPS) is 19.1. The molecule has 2 heterocycles. The molecule has 0 radical (unpaired) electrons. The van der Waals surface area contributed by atoms with Crippen molar-refractivity contribution in [2.75, 3.05) is 20.1 Å². The van der Waals surface area contributed by atoms with Gasteiger partial charge in [0.1, 0.15) is 0 Å². The first-order chi connectivity index (χ1) is 9.06. The van der Waals surface area contributed by atoms with Gasteiger partial charge in [-0.15, -0.1) is 0 Å². The summed E-state index contributed by atoms with van der Waals surface area (Å²) in [6.07, 6.45) is 3.40. The van der Waals surface area contributed by atoms with Crippen molar-refractivity contribution in [2.24, 2.45) is 0 Å². The van der Waals surface area contributed by atoms with Gasteiger partial charge in [-0.25, -0.2) is 0 Å². The molecule has 19 heavy (non-hydrogen) atoms. The molecule has 6 heteroatoms. The van der Waals surface area contributed by atoms with Crippen molar-refractivity contribution in [1.82, 2.24) is 15.2 Å². The van der Waals surface area contributed by atoms with E-state index in [4.69, 9.17) is 0 Å². The van der Waals surface area contributed by atoms with Crippen molar-refractivity contribution in [3.8, 4) is 5.88 Å². The predicted octanol–water partition coefficient (Wildman–Crippen LogP) is 0.295.